The third kappa shape index (κ3) is 2.64. The first kappa shape index (κ1) is 14.0. The molecule has 1 fully saturated rings. The van der Waals surface area contributed by atoms with E-state index >= 15 is 0 Å². The van der Waals surface area contributed by atoms with E-state index in [9.17, 15) is 14.4 Å². The molecule has 6 nitrogen and oxygen atoms in total. The first-order valence-corrected chi connectivity index (χ1v) is 6.45. The van der Waals surface area contributed by atoms with Gasteiger partial charge in [-0.15, -0.1) is 0 Å². The topological polar surface area (TPSA) is 86.7 Å². The molecule has 2 atom stereocenters. The van der Waals surface area contributed by atoms with Gasteiger partial charge in [0.05, 0.1) is 12.5 Å². The van der Waals surface area contributed by atoms with Gasteiger partial charge in [-0.1, -0.05) is 37.3 Å². The maximum atomic E-state index is 12.0. The molecule has 2 rings (SSSR count). The highest BCUT2D eigenvalue weighted by Gasteiger charge is 2.45. The van der Waals surface area contributed by atoms with E-state index in [1.807, 2.05) is 37.3 Å². The number of β-lactam (4-membered cyclic amide) rings is 1. The lowest BCUT2D eigenvalue weighted by atomic mass is 10.0. The lowest BCUT2D eigenvalue weighted by molar-refractivity contribution is -0.157. The van der Waals surface area contributed by atoms with Crippen LogP contribution in [0, 0.1) is 0 Å². The molecule has 3 amide bonds. The van der Waals surface area contributed by atoms with E-state index in [0.29, 0.717) is 6.42 Å². The maximum absolute atomic E-state index is 12.0. The summed E-state index contributed by atoms with van der Waals surface area (Å²) in [5.74, 6) is -1.62. The summed E-state index contributed by atoms with van der Waals surface area (Å²) >= 11 is 0. The highest BCUT2D eigenvalue weighted by molar-refractivity contribution is 6.05. The van der Waals surface area contributed by atoms with Gasteiger partial charge in [0.2, 0.25) is 5.91 Å². The Kier molecular flexibility index (Phi) is 4.02. The monoisotopic (exact) mass is 276 g/mol. The summed E-state index contributed by atoms with van der Waals surface area (Å²) < 4.78 is 0. The quantitative estimate of drug-likeness (QED) is 0.816. The average molecular weight is 276 g/mol. The molecular weight excluding hydrogens is 260 g/mol. The molecule has 0 unspecified atom stereocenters. The fraction of sp³-hybridized carbons (Fsp3) is 0.357. The molecule has 0 spiro atoms. The fourth-order valence-corrected chi connectivity index (χ4v) is 2.19. The Morgan fingerprint density at radius 1 is 1.40 bits per heavy atom. The number of likely N-dealkylation sites (tertiary alicyclic amines) is 1. The minimum Gasteiger partial charge on any atom is -0.480 e. The second-order valence-corrected chi connectivity index (χ2v) is 4.64. The van der Waals surface area contributed by atoms with Crippen LogP contribution in [0.2, 0.25) is 0 Å². The number of carboxylic acid groups (broad SMARTS) is 1. The summed E-state index contributed by atoms with van der Waals surface area (Å²) in [6.45, 7) is 1.91. The minimum atomic E-state index is -1.16. The molecule has 1 saturated heterocycles. The number of carboxylic acids is 1. The first-order chi connectivity index (χ1) is 9.54. The summed E-state index contributed by atoms with van der Waals surface area (Å²) in [7, 11) is 0. The van der Waals surface area contributed by atoms with Gasteiger partial charge in [-0.25, -0.2) is 14.5 Å². The van der Waals surface area contributed by atoms with Crippen molar-refractivity contribution in [3.8, 4) is 0 Å². The van der Waals surface area contributed by atoms with Crippen molar-refractivity contribution in [1.29, 1.82) is 0 Å². The number of hydrogen-bond donors (Lipinski definition) is 2. The predicted molar refractivity (Wildman–Crippen MR) is 70.9 cm³/mol. The van der Waals surface area contributed by atoms with Crippen molar-refractivity contribution in [3.63, 3.8) is 0 Å². The number of imide groups is 1. The molecule has 1 heterocycles. The number of nitrogens with zero attached hydrogens (tertiary/aromatic N) is 1. The van der Waals surface area contributed by atoms with E-state index in [-0.39, 0.29) is 12.5 Å². The predicted octanol–water partition coefficient (Wildman–Crippen LogP) is 1.53. The standard InChI is InChI=1S/C14H16N2O4/c1-2-10(9-6-4-3-5-7-9)15-14(20)16-11(13(18)19)8-12(16)17/h3-7,10-11H,2,8H2,1H3,(H,15,20)(H,18,19)/t10-,11+/m1/s1. The zero-order valence-electron chi connectivity index (χ0n) is 11.1. The molecule has 1 aliphatic rings. The van der Waals surface area contributed by atoms with Gasteiger partial charge in [0, 0.05) is 0 Å². The van der Waals surface area contributed by atoms with Gasteiger partial charge in [0.1, 0.15) is 6.04 Å². The highest BCUT2D eigenvalue weighted by Crippen LogP contribution is 2.22. The van der Waals surface area contributed by atoms with Crippen molar-refractivity contribution < 1.29 is 19.5 Å². The number of urea groups is 1. The number of amides is 3. The number of carbonyl (C=O) groups excluding carboxylic acids is 2. The molecule has 106 valence electrons. The number of hydrogen-bond acceptors (Lipinski definition) is 3. The number of nitrogens with one attached hydrogen (secondary N) is 1. The van der Waals surface area contributed by atoms with Crippen LogP contribution in [0.15, 0.2) is 30.3 Å². The van der Waals surface area contributed by atoms with Crippen molar-refractivity contribution in [2.45, 2.75) is 31.8 Å². The highest BCUT2D eigenvalue weighted by atomic mass is 16.4. The lowest BCUT2D eigenvalue weighted by Crippen LogP contribution is -2.62. The number of carbonyl (C=O) groups is 3. The molecule has 1 aromatic rings. The van der Waals surface area contributed by atoms with Gasteiger partial charge in [-0.3, -0.25) is 4.79 Å². The van der Waals surface area contributed by atoms with Crippen molar-refractivity contribution in [1.82, 2.24) is 10.2 Å². The maximum Gasteiger partial charge on any atom is 0.327 e. The summed E-state index contributed by atoms with van der Waals surface area (Å²) in [5.41, 5.74) is 0.920. The Bertz CT molecular complexity index is 529. The van der Waals surface area contributed by atoms with Crippen LogP contribution in [-0.2, 0) is 9.59 Å². The largest absolute Gasteiger partial charge is 0.480 e. The third-order valence-electron chi connectivity index (χ3n) is 3.36. The molecule has 0 saturated carbocycles. The van der Waals surface area contributed by atoms with Gasteiger partial charge < -0.3 is 10.4 Å². The molecule has 0 aromatic heterocycles. The number of benzene rings is 1. The molecule has 2 N–H and O–H groups in total. The van der Waals surface area contributed by atoms with Crippen LogP contribution in [0.25, 0.3) is 0 Å². The zero-order valence-corrected chi connectivity index (χ0v) is 11.1. The van der Waals surface area contributed by atoms with Crippen LogP contribution in [0.3, 0.4) is 0 Å². The molecule has 6 heteroatoms. The zero-order chi connectivity index (χ0) is 14.7. The normalized spacial score (nSPS) is 19.1. The summed E-state index contributed by atoms with van der Waals surface area (Å²) in [6.07, 6.45) is 0.528. The third-order valence-corrected chi connectivity index (χ3v) is 3.36. The molecule has 1 aromatic carbocycles. The first-order valence-electron chi connectivity index (χ1n) is 6.45. The van der Waals surface area contributed by atoms with Crippen molar-refractivity contribution in [3.05, 3.63) is 35.9 Å². The average Bonchev–Trinajstić information content (AvgIpc) is 2.42. The van der Waals surface area contributed by atoms with Crippen LogP contribution >= 0.6 is 0 Å². The SMILES string of the molecule is CC[C@@H](NC(=O)N1C(=O)C[C@H]1C(=O)O)c1ccccc1. The van der Waals surface area contributed by atoms with Gasteiger partial charge in [0.15, 0.2) is 0 Å². The molecule has 1 aliphatic heterocycles. The Labute approximate surface area is 116 Å². The second-order valence-electron chi connectivity index (χ2n) is 4.64. The Morgan fingerprint density at radius 2 is 2.05 bits per heavy atom. The van der Waals surface area contributed by atoms with Crippen LogP contribution in [0.1, 0.15) is 31.4 Å². The second kappa shape index (κ2) is 5.73. The Hall–Kier alpha value is -2.37. The van der Waals surface area contributed by atoms with E-state index in [1.54, 1.807) is 0 Å². The van der Waals surface area contributed by atoms with Gasteiger partial charge >= 0.3 is 12.0 Å². The van der Waals surface area contributed by atoms with Crippen LogP contribution in [0.4, 0.5) is 4.79 Å². The van der Waals surface area contributed by atoms with E-state index in [1.165, 1.54) is 0 Å². The molecule has 0 aliphatic carbocycles. The van der Waals surface area contributed by atoms with E-state index in [2.05, 4.69) is 5.32 Å². The van der Waals surface area contributed by atoms with Crippen molar-refractivity contribution >= 4 is 17.9 Å². The Morgan fingerprint density at radius 3 is 2.55 bits per heavy atom. The van der Waals surface area contributed by atoms with E-state index < -0.39 is 23.9 Å². The molecular formula is C14H16N2O4. The minimum absolute atomic E-state index is 0.120. The van der Waals surface area contributed by atoms with Gasteiger partial charge in [-0.05, 0) is 12.0 Å². The van der Waals surface area contributed by atoms with Crippen LogP contribution in [-0.4, -0.2) is 34.0 Å². The summed E-state index contributed by atoms with van der Waals surface area (Å²) in [5, 5.41) is 11.6. The molecule has 0 bridgehead atoms. The molecule has 0 radical (unpaired) electrons. The smallest absolute Gasteiger partial charge is 0.327 e. The van der Waals surface area contributed by atoms with Gasteiger partial charge in [-0.2, -0.15) is 0 Å². The fourth-order valence-electron chi connectivity index (χ4n) is 2.19. The van der Waals surface area contributed by atoms with Crippen LogP contribution < -0.4 is 5.32 Å². The van der Waals surface area contributed by atoms with Crippen molar-refractivity contribution in [2.75, 3.05) is 0 Å². The Balaban J connectivity index is 2.06. The van der Waals surface area contributed by atoms with Crippen LogP contribution in [0.5, 0.6) is 0 Å². The summed E-state index contributed by atoms with van der Waals surface area (Å²) in [6, 6.07) is 7.41. The lowest BCUT2D eigenvalue weighted by Gasteiger charge is -2.36. The molecule has 20 heavy (non-hydrogen) atoms. The van der Waals surface area contributed by atoms with Crippen molar-refractivity contribution in [2.24, 2.45) is 0 Å². The van der Waals surface area contributed by atoms with E-state index in [0.717, 1.165) is 10.5 Å². The van der Waals surface area contributed by atoms with E-state index in [4.69, 9.17) is 5.11 Å². The van der Waals surface area contributed by atoms with Gasteiger partial charge in [0.25, 0.3) is 0 Å². The number of rotatable bonds is 4. The number of aliphatic carboxylic acids is 1. The summed E-state index contributed by atoms with van der Waals surface area (Å²) in [4.78, 5) is 35.1.